The van der Waals surface area contributed by atoms with Gasteiger partial charge in [0.15, 0.2) is 0 Å². The van der Waals surface area contributed by atoms with Crippen LogP contribution in [-0.2, 0) is 19.5 Å². The van der Waals surface area contributed by atoms with Crippen LogP contribution >= 0.6 is 0 Å². The third-order valence-corrected chi connectivity index (χ3v) is 0. The minimum atomic E-state index is 0. The number of nitrogens with one attached hydrogen (secondary N) is 1. The molecule has 0 saturated heterocycles. The van der Waals surface area contributed by atoms with E-state index in [1.165, 1.54) is 0 Å². The third-order valence-electron chi connectivity index (χ3n) is 0. The van der Waals surface area contributed by atoms with Gasteiger partial charge in [-0.15, -0.1) is 0 Å². The van der Waals surface area contributed by atoms with E-state index >= 15 is 0 Å². The number of hydrogen-bond acceptors (Lipinski definition) is 2. The molecule has 33 valence electrons. The molecule has 0 bridgehead atoms. The maximum atomic E-state index is 8.12. The summed E-state index contributed by atoms with van der Waals surface area (Å²) in [7, 11) is 0. The van der Waals surface area contributed by atoms with Gasteiger partial charge in [-0.3, -0.25) is 10.1 Å². The fraction of sp³-hybridized carbons (Fsp3) is 0. The zero-order chi connectivity index (χ0) is 2.71. The zero-order valence-electron chi connectivity index (χ0n) is 1.65. The van der Waals surface area contributed by atoms with E-state index in [9.17, 15) is 0 Å². The van der Waals surface area contributed by atoms with Crippen molar-refractivity contribution in [3.05, 3.63) is 10.1 Å². The summed E-state index contributed by atoms with van der Waals surface area (Å²) in [5, 5.41) is 8.38. The molecule has 7 heteroatoms. The molecule has 0 unspecified atom stereocenters. The summed E-state index contributed by atoms with van der Waals surface area (Å²) in [4.78, 5) is 8.12. The van der Waals surface area contributed by atoms with Crippen molar-refractivity contribution in [1.29, 1.82) is 0 Å². The summed E-state index contributed by atoms with van der Waals surface area (Å²) < 4.78 is 0. The first kappa shape index (κ1) is 32.3. The van der Waals surface area contributed by atoms with Crippen LogP contribution in [0.15, 0.2) is 0 Å². The summed E-state index contributed by atoms with van der Waals surface area (Å²) in [6.45, 7) is 0. The first-order valence-corrected chi connectivity index (χ1v) is 0.408. The molecule has 0 amide bonds. The summed E-state index contributed by atoms with van der Waals surface area (Å²) >= 11 is 0. The molecule has 1 N–H and O–H groups in total. The molecular formula is H4NNa3O2Rh. The quantitative estimate of drug-likeness (QED) is 0.261. The Kier molecular flexibility index (Phi) is 166. The summed E-state index contributed by atoms with van der Waals surface area (Å²) in [6.07, 6.45) is 0. The van der Waals surface area contributed by atoms with Crippen LogP contribution in [0.1, 0.15) is 0 Å². The predicted octanol–water partition coefficient (Wildman–Crippen LogP) is -3.62. The normalized spacial score (nSPS) is 1.71. The summed E-state index contributed by atoms with van der Waals surface area (Å²) in [5.41, 5.74) is 0. The van der Waals surface area contributed by atoms with Crippen LogP contribution in [-0.4, -0.2) is 88.7 Å². The van der Waals surface area contributed by atoms with Gasteiger partial charge in [-0.05, 0) is 0 Å². The van der Waals surface area contributed by atoms with E-state index in [1.807, 2.05) is 0 Å². The molecule has 0 aromatic carbocycles. The Morgan fingerprint density at radius 2 is 1.14 bits per heavy atom. The van der Waals surface area contributed by atoms with Crippen LogP contribution in [0.3, 0.4) is 0 Å². The largest absolute Gasteiger partial charge is 0 e. The first-order valence-electron chi connectivity index (χ1n) is 0.408. The number of hydrogen-bond donors (Lipinski definition) is 1. The van der Waals surface area contributed by atoms with Crippen molar-refractivity contribution in [3.63, 3.8) is 0 Å². The van der Waals surface area contributed by atoms with E-state index in [0.29, 0.717) is 0 Å². The minimum absolute atomic E-state index is 0. The fourth-order valence-electron chi connectivity index (χ4n) is 0. The van der Waals surface area contributed by atoms with E-state index in [2.05, 4.69) is 0 Å². The zero-order valence-corrected chi connectivity index (χ0v) is 3.29. The Balaban J connectivity index is -0.00000000333. The summed E-state index contributed by atoms with van der Waals surface area (Å²) in [6, 6.07) is 0. The van der Waals surface area contributed by atoms with Crippen LogP contribution in [0.2, 0.25) is 0 Å². The van der Waals surface area contributed by atoms with Gasteiger partial charge in [-0.1, -0.05) is 0 Å². The Morgan fingerprint density at radius 3 is 1.14 bits per heavy atom. The van der Waals surface area contributed by atoms with Gasteiger partial charge in [0, 0.05) is 24.8 Å². The van der Waals surface area contributed by atoms with Gasteiger partial charge in [0.1, 0.15) is 0 Å². The predicted molar refractivity (Wildman–Crippen MR) is 29.1 cm³/mol. The fourth-order valence-corrected chi connectivity index (χ4v) is 0. The van der Waals surface area contributed by atoms with Gasteiger partial charge in [-0.25, -0.2) is 0 Å². The van der Waals surface area contributed by atoms with Crippen molar-refractivity contribution in [1.82, 2.24) is 0 Å². The monoisotopic (exact) mass is 222 g/mol. The molecule has 7 heavy (non-hydrogen) atoms. The molecule has 0 aliphatic rings. The van der Waals surface area contributed by atoms with Crippen molar-refractivity contribution in [3.8, 4) is 0 Å². The Hall–Kier alpha value is 3.02. The second-order valence-electron chi connectivity index (χ2n) is 0.0833. The minimum Gasteiger partial charge on any atom is 0 e. The van der Waals surface area contributed by atoms with Crippen LogP contribution in [0.4, 0.5) is 0 Å². The van der Waals surface area contributed by atoms with E-state index < -0.39 is 0 Å². The van der Waals surface area contributed by atoms with Crippen LogP contribution < -0.4 is 5.34 Å². The molecule has 0 fully saturated rings. The Morgan fingerprint density at radius 1 is 1.14 bits per heavy atom. The average Bonchev–Trinajstić information content (AvgIpc) is 0.918. The molecular weight excluding hydrogens is 218 g/mol. The molecule has 0 atom stereocenters. The molecule has 0 rings (SSSR count). The van der Waals surface area contributed by atoms with E-state index in [1.54, 1.807) is 0 Å². The SMILES string of the molecule is O=[NH+][O-].[NaH].[NaH].[NaH].[Rh]. The van der Waals surface area contributed by atoms with Crippen molar-refractivity contribution in [2.24, 2.45) is 0 Å². The maximum Gasteiger partial charge on any atom is 0 e. The van der Waals surface area contributed by atoms with Gasteiger partial charge < -0.3 is 0 Å². The second kappa shape index (κ2) is 35.9. The summed E-state index contributed by atoms with van der Waals surface area (Å²) in [5.74, 6) is 0. The molecule has 0 spiro atoms. The van der Waals surface area contributed by atoms with Crippen molar-refractivity contribution in [2.45, 2.75) is 0 Å². The molecule has 0 saturated carbocycles. The standard InChI is InChI=1S/HNO2.3Na.Rh.3H/c2-1-3;;;;;;;/h1H;;;;;;;. The Bertz CT molecular complexity index is 20.4. The van der Waals surface area contributed by atoms with Gasteiger partial charge in [0.25, 0.3) is 0 Å². The molecule has 0 aliphatic carbocycles. The van der Waals surface area contributed by atoms with Crippen molar-refractivity contribution in [2.75, 3.05) is 0 Å². The van der Waals surface area contributed by atoms with Crippen LogP contribution in [0.5, 0.6) is 0 Å². The van der Waals surface area contributed by atoms with Crippen LogP contribution in [0.25, 0.3) is 0 Å². The molecule has 1 radical (unpaired) electrons. The Labute approximate surface area is 121 Å². The molecule has 0 heterocycles. The van der Waals surface area contributed by atoms with E-state index in [4.69, 9.17) is 10.1 Å². The van der Waals surface area contributed by atoms with E-state index in [-0.39, 0.29) is 113 Å². The smallest absolute Gasteiger partial charge is 0 e. The average molecular weight is 222 g/mol. The second-order valence-corrected chi connectivity index (χ2v) is 0.0833. The van der Waals surface area contributed by atoms with Gasteiger partial charge in [0.05, 0.1) is 0 Å². The number of rotatable bonds is 0. The van der Waals surface area contributed by atoms with Crippen molar-refractivity contribution < 1.29 is 24.8 Å². The first-order chi connectivity index (χ1) is 1.41. The van der Waals surface area contributed by atoms with Gasteiger partial charge >= 0.3 is 88.7 Å². The molecule has 0 aromatic rings. The van der Waals surface area contributed by atoms with Crippen molar-refractivity contribution >= 4 is 88.7 Å². The maximum absolute atomic E-state index is 8.12. The topological polar surface area (TPSA) is 54.1 Å². The molecule has 0 aromatic heterocycles. The molecule has 3 nitrogen and oxygen atoms in total. The van der Waals surface area contributed by atoms with E-state index in [0.717, 1.165) is 0 Å². The van der Waals surface area contributed by atoms with Gasteiger partial charge in [0.2, 0.25) is 0 Å². The third kappa shape index (κ3) is 48.7. The molecule has 0 aliphatic heterocycles. The van der Waals surface area contributed by atoms with Crippen LogP contribution in [0, 0.1) is 10.1 Å². The van der Waals surface area contributed by atoms with Gasteiger partial charge in [-0.2, -0.15) is 0 Å².